The number of rotatable bonds is 4. The van der Waals surface area contributed by atoms with Gasteiger partial charge in [0.2, 0.25) is 0 Å². The van der Waals surface area contributed by atoms with Gasteiger partial charge in [0.1, 0.15) is 0 Å². The largest absolute Gasteiger partial charge is 0.327 e. The van der Waals surface area contributed by atoms with Gasteiger partial charge in [-0.25, -0.2) is 0 Å². The van der Waals surface area contributed by atoms with Crippen LogP contribution >= 0.6 is 7.60 Å². The van der Waals surface area contributed by atoms with Crippen LogP contribution < -0.4 is 0 Å². The van der Waals surface area contributed by atoms with Crippen LogP contribution in [0.4, 0.5) is 0 Å². The van der Waals surface area contributed by atoms with E-state index in [0.717, 1.165) is 12.8 Å². The van der Waals surface area contributed by atoms with Crippen molar-refractivity contribution in [3.63, 3.8) is 0 Å². The van der Waals surface area contributed by atoms with E-state index in [2.05, 4.69) is 0 Å². The second kappa shape index (κ2) is 5.14. The van der Waals surface area contributed by atoms with E-state index in [1.165, 1.54) is 19.3 Å². The van der Waals surface area contributed by atoms with Crippen molar-refractivity contribution in [2.45, 2.75) is 45.1 Å². The summed E-state index contributed by atoms with van der Waals surface area (Å²) in [5, 5.41) is 0. The molecule has 0 aromatic rings. The summed E-state index contributed by atoms with van der Waals surface area (Å²) in [6, 6.07) is 0. The lowest BCUT2D eigenvalue weighted by Crippen LogP contribution is -2.15. The molecule has 0 aliphatic heterocycles. The van der Waals surface area contributed by atoms with Gasteiger partial charge in [0.15, 0.2) is 0 Å². The third kappa shape index (κ3) is 4.26. The Labute approximate surface area is 80.3 Å². The van der Waals surface area contributed by atoms with E-state index in [4.69, 9.17) is 9.05 Å². The summed E-state index contributed by atoms with van der Waals surface area (Å²) < 4.78 is 22.2. The maximum absolute atomic E-state index is 11.6. The maximum Gasteiger partial charge on any atom is 0.327 e. The molecule has 0 bridgehead atoms. The first-order valence-electron chi connectivity index (χ1n) is 5.04. The van der Waals surface area contributed by atoms with E-state index in [-0.39, 0.29) is 6.10 Å². The van der Waals surface area contributed by atoms with Gasteiger partial charge in [0.05, 0.1) is 12.7 Å². The highest BCUT2D eigenvalue weighted by Crippen LogP contribution is 2.46. The summed E-state index contributed by atoms with van der Waals surface area (Å²) in [7, 11) is -2.76. The average Bonchev–Trinajstić information content (AvgIpc) is 2.04. The van der Waals surface area contributed by atoms with E-state index in [9.17, 15) is 4.57 Å². The van der Waals surface area contributed by atoms with E-state index in [0.29, 0.717) is 6.61 Å². The molecule has 78 valence electrons. The highest BCUT2D eigenvalue weighted by Gasteiger charge is 2.23. The zero-order chi connectivity index (χ0) is 9.73. The molecule has 1 unspecified atom stereocenters. The molecule has 0 radical (unpaired) electrons. The first-order valence-corrected chi connectivity index (χ1v) is 7.03. The topological polar surface area (TPSA) is 35.5 Å². The molecule has 0 aromatic heterocycles. The van der Waals surface area contributed by atoms with Crippen molar-refractivity contribution in [1.29, 1.82) is 0 Å². The van der Waals surface area contributed by atoms with Crippen molar-refractivity contribution in [2.75, 3.05) is 13.3 Å². The maximum atomic E-state index is 11.6. The Morgan fingerprint density at radius 2 is 1.92 bits per heavy atom. The molecule has 0 saturated heterocycles. The molecule has 1 atom stereocenters. The Kier molecular flexibility index (Phi) is 4.43. The standard InChI is InChI=1S/C9H19O3P/c1-3-11-13(2,10)12-9-7-5-4-6-8-9/h9H,3-8H2,1-2H3. The Morgan fingerprint density at radius 3 is 2.46 bits per heavy atom. The summed E-state index contributed by atoms with van der Waals surface area (Å²) in [5.74, 6) is 0. The molecule has 13 heavy (non-hydrogen) atoms. The summed E-state index contributed by atoms with van der Waals surface area (Å²) in [6.07, 6.45) is 5.89. The normalized spacial score (nSPS) is 24.2. The van der Waals surface area contributed by atoms with Crippen molar-refractivity contribution in [3.8, 4) is 0 Å². The molecule has 1 aliphatic rings. The zero-order valence-electron chi connectivity index (χ0n) is 8.49. The molecule has 1 rings (SSSR count). The molecular weight excluding hydrogens is 187 g/mol. The van der Waals surface area contributed by atoms with Gasteiger partial charge in [-0.1, -0.05) is 19.3 Å². The summed E-state index contributed by atoms with van der Waals surface area (Å²) in [4.78, 5) is 0. The predicted octanol–water partition coefficient (Wildman–Crippen LogP) is 3.20. The van der Waals surface area contributed by atoms with Gasteiger partial charge >= 0.3 is 7.60 Å². The molecule has 0 amide bonds. The third-order valence-electron chi connectivity index (χ3n) is 2.26. The van der Waals surface area contributed by atoms with Gasteiger partial charge < -0.3 is 9.05 Å². The molecular formula is C9H19O3P. The Balaban J connectivity index is 2.32. The van der Waals surface area contributed by atoms with Crippen molar-refractivity contribution in [2.24, 2.45) is 0 Å². The highest BCUT2D eigenvalue weighted by molar-refractivity contribution is 7.53. The SMILES string of the molecule is CCOP(C)(=O)OC1CCCCC1. The molecule has 0 N–H and O–H groups in total. The van der Waals surface area contributed by atoms with Crippen LogP contribution in [0.3, 0.4) is 0 Å². The summed E-state index contributed by atoms with van der Waals surface area (Å²) in [6.45, 7) is 3.85. The fraction of sp³-hybridized carbons (Fsp3) is 1.00. The van der Waals surface area contributed by atoms with Crippen LogP contribution in [0.5, 0.6) is 0 Å². The minimum absolute atomic E-state index is 0.163. The predicted molar refractivity (Wildman–Crippen MR) is 53.1 cm³/mol. The van der Waals surface area contributed by atoms with Crippen molar-refractivity contribution in [3.05, 3.63) is 0 Å². The molecule has 3 nitrogen and oxygen atoms in total. The van der Waals surface area contributed by atoms with Gasteiger partial charge in [-0.15, -0.1) is 0 Å². The van der Waals surface area contributed by atoms with Crippen LogP contribution in [-0.4, -0.2) is 19.4 Å². The van der Waals surface area contributed by atoms with Gasteiger partial charge in [-0.05, 0) is 19.8 Å². The molecule has 1 fully saturated rings. The van der Waals surface area contributed by atoms with Gasteiger partial charge in [-0.3, -0.25) is 4.57 Å². The van der Waals surface area contributed by atoms with E-state index >= 15 is 0 Å². The van der Waals surface area contributed by atoms with Crippen LogP contribution in [-0.2, 0) is 13.6 Å². The molecule has 1 aliphatic carbocycles. The fourth-order valence-electron chi connectivity index (χ4n) is 1.71. The first-order chi connectivity index (χ1) is 6.14. The van der Waals surface area contributed by atoms with Crippen LogP contribution in [0.15, 0.2) is 0 Å². The lowest BCUT2D eigenvalue weighted by molar-refractivity contribution is 0.122. The van der Waals surface area contributed by atoms with Crippen molar-refractivity contribution >= 4 is 7.60 Å². The van der Waals surface area contributed by atoms with Crippen LogP contribution in [0, 0.1) is 0 Å². The Morgan fingerprint density at radius 1 is 1.31 bits per heavy atom. The Bertz CT molecular complexity index is 187. The quantitative estimate of drug-likeness (QED) is 0.662. The summed E-state index contributed by atoms with van der Waals surface area (Å²) >= 11 is 0. The monoisotopic (exact) mass is 206 g/mol. The highest BCUT2D eigenvalue weighted by atomic mass is 31.2. The summed E-state index contributed by atoms with van der Waals surface area (Å²) in [5.41, 5.74) is 0. The van der Waals surface area contributed by atoms with Crippen LogP contribution in [0.1, 0.15) is 39.0 Å². The average molecular weight is 206 g/mol. The second-order valence-corrected chi connectivity index (χ2v) is 5.57. The number of hydrogen-bond donors (Lipinski definition) is 0. The number of hydrogen-bond acceptors (Lipinski definition) is 3. The van der Waals surface area contributed by atoms with E-state index in [1.54, 1.807) is 6.66 Å². The van der Waals surface area contributed by atoms with E-state index < -0.39 is 7.60 Å². The molecule has 0 heterocycles. The lowest BCUT2D eigenvalue weighted by Gasteiger charge is -2.24. The third-order valence-corrected chi connectivity index (χ3v) is 3.66. The zero-order valence-corrected chi connectivity index (χ0v) is 9.39. The van der Waals surface area contributed by atoms with Crippen LogP contribution in [0.2, 0.25) is 0 Å². The van der Waals surface area contributed by atoms with Gasteiger partial charge in [-0.2, -0.15) is 0 Å². The van der Waals surface area contributed by atoms with E-state index in [1.807, 2.05) is 6.92 Å². The molecule has 1 saturated carbocycles. The minimum atomic E-state index is -2.76. The molecule has 0 aromatic carbocycles. The first kappa shape index (κ1) is 11.2. The van der Waals surface area contributed by atoms with Crippen molar-refractivity contribution in [1.82, 2.24) is 0 Å². The molecule has 4 heteroatoms. The molecule has 0 spiro atoms. The van der Waals surface area contributed by atoms with Gasteiger partial charge in [0, 0.05) is 6.66 Å². The lowest BCUT2D eigenvalue weighted by atomic mass is 9.98. The fourth-order valence-corrected chi connectivity index (χ4v) is 2.99. The smallest absolute Gasteiger partial charge is 0.309 e. The van der Waals surface area contributed by atoms with Crippen molar-refractivity contribution < 1.29 is 13.6 Å². The van der Waals surface area contributed by atoms with Crippen LogP contribution in [0.25, 0.3) is 0 Å². The van der Waals surface area contributed by atoms with Gasteiger partial charge in [0.25, 0.3) is 0 Å². The minimum Gasteiger partial charge on any atom is -0.309 e. The second-order valence-electron chi connectivity index (χ2n) is 3.55. The Hall–Kier alpha value is 0.150.